The van der Waals surface area contributed by atoms with Crippen molar-refractivity contribution in [2.24, 2.45) is 5.73 Å². The minimum absolute atomic E-state index is 0.0277. The molecule has 1 heterocycles. The Hall–Kier alpha value is -2.08. The Morgan fingerprint density at radius 3 is 2.20 bits per heavy atom. The maximum absolute atomic E-state index is 12.6. The number of ether oxygens (including phenoxy) is 1. The summed E-state index contributed by atoms with van der Waals surface area (Å²) in [7, 11) is 0. The standard InChI is InChI=1S/C19H27N3O3/c1-3-15-4-6-16(7-5-15)25-14(2)17(23)21-10-12-22(13-11-21)18(24)19(20)8-9-19/h4-7,14H,3,8-13,20H2,1-2H3. The second-order valence-corrected chi connectivity index (χ2v) is 7.03. The van der Waals surface area contributed by atoms with E-state index >= 15 is 0 Å². The molecule has 2 aliphatic rings. The number of carbonyl (C=O) groups excluding carboxylic acids is 2. The zero-order chi connectivity index (χ0) is 18.0. The lowest BCUT2D eigenvalue weighted by Crippen LogP contribution is -2.56. The molecular weight excluding hydrogens is 318 g/mol. The molecule has 3 rings (SSSR count). The Balaban J connectivity index is 1.50. The molecule has 1 saturated carbocycles. The molecule has 1 atom stereocenters. The van der Waals surface area contributed by atoms with Crippen LogP contribution in [0.25, 0.3) is 0 Å². The summed E-state index contributed by atoms with van der Waals surface area (Å²) in [4.78, 5) is 28.4. The van der Waals surface area contributed by atoms with Crippen LogP contribution >= 0.6 is 0 Å². The van der Waals surface area contributed by atoms with Crippen molar-refractivity contribution in [3.63, 3.8) is 0 Å². The molecule has 25 heavy (non-hydrogen) atoms. The summed E-state index contributed by atoms with van der Waals surface area (Å²) in [6, 6.07) is 7.82. The van der Waals surface area contributed by atoms with Gasteiger partial charge in [0.2, 0.25) is 5.91 Å². The van der Waals surface area contributed by atoms with Crippen LogP contribution in [-0.2, 0) is 16.0 Å². The van der Waals surface area contributed by atoms with Crippen LogP contribution in [0.1, 0.15) is 32.3 Å². The number of hydrogen-bond donors (Lipinski definition) is 1. The summed E-state index contributed by atoms with van der Waals surface area (Å²) < 4.78 is 5.78. The highest BCUT2D eigenvalue weighted by Gasteiger charge is 2.48. The monoisotopic (exact) mass is 345 g/mol. The molecule has 1 aliphatic carbocycles. The van der Waals surface area contributed by atoms with Crippen molar-refractivity contribution in [1.29, 1.82) is 0 Å². The van der Waals surface area contributed by atoms with E-state index in [0.29, 0.717) is 31.9 Å². The molecule has 2 amide bonds. The summed E-state index contributed by atoms with van der Waals surface area (Å²) in [5, 5.41) is 0. The fourth-order valence-electron chi connectivity index (χ4n) is 3.11. The minimum Gasteiger partial charge on any atom is -0.481 e. The van der Waals surface area contributed by atoms with Gasteiger partial charge in [-0.3, -0.25) is 9.59 Å². The molecule has 0 aromatic heterocycles. The van der Waals surface area contributed by atoms with Gasteiger partial charge >= 0.3 is 0 Å². The molecule has 0 spiro atoms. The first-order valence-corrected chi connectivity index (χ1v) is 9.05. The van der Waals surface area contributed by atoms with Crippen molar-refractivity contribution in [2.75, 3.05) is 26.2 Å². The van der Waals surface area contributed by atoms with Crippen LogP contribution in [-0.4, -0.2) is 59.4 Å². The van der Waals surface area contributed by atoms with Gasteiger partial charge in [-0.1, -0.05) is 19.1 Å². The zero-order valence-corrected chi connectivity index (χ0v) is 15.0. The number of benzene rings is 1. The predicted octanol–water partition coefficient (Wildman–Crippen LogP) is 1.18. The van der Waals surface area contributed by atoms with E-state index in [1.807, 2.05) is 24.3 Å². The Morgan fingerprint density at radius 2 is 1.68 bits per heavy atom. The third-order valence-electron chi connectivity index (χ3n) is 5.09. The lowest BCUT2D eigenvalue weighted by atomic mass is 10.2. The zero-order valence-electron chi connectivity index (χ0n) is 15.0. The molecule has 6 heteroatoms. The fraction of sp³-hybridized carbons (Fsp3) is 0.579. The van der Waals surface area contributed by atoms with Gasteiger partial charge < -0.3 is 20.3 Å². The topological polar surface area (TPSA) is 75.9 Å². The molecule has 0 radical (unpaired) electrons. The highest BCUT2D eigenvalue weighted by Crippen LogP contribution is 2.34. The molecule has 6 nitrogen and oxygen atoms in total. The number of carbonyl (C=O) groups is 2. The van der Waals surface area contributed by atoms with Crippen LogP contribution in [0.15, 0.2) is 24.3 Å². The molecule has 1 aromatic carbocycles. The van der Waals surface area contributed by atoms with E-state index in [2.05, 4.69) is 6.92 Å². The van der Waals surface area contributed by atoms with Crippen molar-refractivity contribution >= 4 is 11.8 Å². The van der Waals surface area contributed by atoms with E-state index in [4.69, 9.17) is 10.5 Å². The van der Waals surface area contributed by atoms with E-state index in [0.717, 1.165) is 19.3 Å². The second kappa shape index (κ2) is 7.04. The number of amides is 2. The summed E-state index contributed by atoms with van der Waals surface area (Å²) in [5.41, 5.74) is 6.58. The van der Waals surface area contributed by atoms with E-state index in [9.17, 15) is 9.59 Å². The molecule has 1 aromatic rings. The summed E-state index contributed by atoms with van der Waals surface area (Å²) in [6.07, 6.45) is 1.97. The van der Waals surface area contributed by atoms with E-state index in [1.165, 1.54) is 5.56 Å². The van der Waals surface area contributed by atoms with Crippen LogP contribution in [0, 0.1) is 0 Å². The quantitative estimate of drug-likeness (QED) is 0.869. The number of hydrogen-bond acceptors (Lipinski definition) is 4. The molecule has 1 aliphatic heterocycles. The van der Waals surface area contributed by atoms with Crippen LogP contribution in [0.5, 0.6) is 5.75 Å². The van der Waals surface area contributed by atoms with Crippen LogP contribution < -0.4 is 10.5 Å². The van der Waals surface area contributed by atoms with Gasteiger partial charge in [-0.05, 0) is 43.9 Å². The van der Waals surface area contributed by atoms with Crippen molar-refractivity contribution in [1.82, 2.24) is 9.80 Å². The molecule has 2 fully saturated rings. The first kappa shape index (κ1) is 17.7. The van der Waals surface area contributed by atoms with Crippen molar-refractivity contribution in [3.05, 3.63) is 29.8 Å². The molecule has 0 bridgehead atoms. The van der Waals surface area contributed by atoms with E-state index < -0.39 is 11.6 Å². The van der Waals surface area contributed by atoms with Crippen LogP contribution in [0.4, 0.5) is 0 Å². The second-order valence-electron chi connectivity index (χ2n) is 7.03. The maximum Gasteiger partial charge on any atom is 0.263 e. The van der Waals surface area contributed by atoms with Gasteiger partial charge in [0.1, 0.15) is 5.75 Å². The van der Waals surface area contributed by atoms with Crippen molar-refractivity contribution in [3.8, 4) is 5.75 Å². The number of rotatable bonds is 5. The fourth-order valence-corrected chi connectivity index (χ4v) is 3.11. The Labute approximate surface area is 148 Å². The van der Waals surface area contributed by atoms with Gasteiger partial charge in [0, 0.05) is 26.2 Å². The molecular formula is C19H27N3O3. The van der Waals surface area contributed by atoms with Crippen molar-refractivity contribution < 1.29 is 14.3 Å². The van der Waals surface area contributed by atoms with Gasteiger partial charge in [0.25, 0.3) is 5.91 Å². The van der Waals surface area contributed by atoms with Crippen LogP contribution in [0.2, 0.25) is 0 Å². The van der Waals surface area contributed by atoms with Gasteiger partial charge in [-0.15, -0.1) is 0 Å². The first-order chi connectivity index (χ1) is 11.9. The van der Waals surface area contributed by atoms with Gasteiger partial charge in [0.05, 0.1) is 5.54 Å². The number of piperazine rings is 1. The number of nitrogens with zero attached hydrogens (tertiary/aromatic N) is 2. The lowest BCUT2D eigenvalue weighted by molar-refractivity contribution is -0.144. The average Bonchev–Trinajstić information content (AvgIpc) is 3.40. The maximum atomic E-state index is 12.6. The third kappa shape index (κ3) is 3.95. The normalized spacial score (nSPS) is 20.1. The van der Waals surface area contributed by atoms with Crippen LogP contribution in [0.3, 0.4) is 0 Å². The number of aryl methyl sites for hydroxylation is 1. The summed E-state index contributed by atoms with van der Waals surface area (Å²) in [5.74, 6) is 0.686. The molecule has 136 valence electrons. The largest absolute Gasteiger partial charge is 0.481 e. The Bertz CT molecular complexity index is 632. The molecule has 1 saturated heterocycles. The summed E-state index contributed by atoms with van der Waals surface area (Å²) >= 11 is 0. The Morgan fingerprint density at radius 1 is 1.12 bits per heavy atom. The van der Waals surface area contributed by atoms with Gasteiger partial charge in [-0.2, -0.15) is 0 Å². The van der Waals surface area contributed by atoms with E-state index in [-0.39, 0.29) is 11.8 Å². The minimum atomic E-state index is -0.632. The predicted molar refractivity (Wildman–Crippen MR) is 95.2 cm³/mol. The van der Waals surface area contributed by atoms with Gasteiger partial charge in [-0.25, -0.2) is 0 Å². The first-order valence-electron chi connectivity index (χ1n) is 9.05. The van der Waals surface area contributed by atoms with Crippen molar-refractivity contribution in [2.45, 2.75) is 44.8 Å². The average molecular weight is 345 g/mol. The lowest BCUT2D eigenvalue weighted by Gasteiger charge is -2.37. The number of nitrogens with two attached hydrogens (primary N) is 1. The third-order valence-corrected chi connectivity index (χ3v) is 5.09. The van der Waals surface area contributed by atoms with Gasteiger partial charge in [0.15, 0.2) is 6.10 Å². The molecule has 1 unspecified atom stereocenters. The SMILES string of the molecule is CCc1ccc(OC(C)C(=O)N2CCN(C(=O)C3(N)CC3)CC2)cc1. The highest BCUT2D eigenvalue weighted by molar-refractivity contribution is 5.89. The smallest absolute Gasteiger partial charge is 0.263 e. The summed E-state index contributed by atoms with van der Waals surface area (Å²) in [6.45, 7) is 6.02. The Kier molecular flexibility index (Phi) is 4.99. The van der Waals surface area contributed by atoms with E-state index in [1.54, 1.807) is 16.7 Å². The molecule has 2 N–H and O–H groups in total. The highest BCUT2D eigenvalue weighted by atomic mass is 16.5.